The third-order valence-corrected chi connectivity index (χ3v) is 5.10. The van der Waals surface area contributed by atoms with E-state index in [4.69, 9.17) is 9.26 Å². The monoisotopic (exact) mass is 366 g/mol. The molecule has 1 atom stereocenters. The number of benzene rings is 1. The molecule has 0 radical (unpaired) electrons. The molecule has 0 spiro atoms. The highest BCUT2D eigenvalue weighted by Crippen LogP contribution is 2.36. The molecule has 2 aromatic heterocycles. The molecule has 0 aliphatic carbocycles. The molecule has 140 valence electrons. The van der Waals surface area contributed by atoms with Crippen molar-refractivity contribution in [3.05, 3.63) is 59.2 Å². The Morgan fingerprint density at radius 1 is 1.30 bits per heavy atom. The summed E-state index contributed by atoms with van der Waals surface area (Å²) in [7, 11) is 1.62. The number of para-hydroxylation sites is 2. The van der Waals surface area contributed by atoms with Gasteiger partial charge in [-0.3, -0.25) is 4.79 Å². The second kappa shape index (κ2) is 6.90. The topological polar surface area (TPSA) is 73.4 Å². The van der Waals surface area contributed by atoms with Crippen LogP contribution in [0, 0.1) is 13.8 Å². The summed E-state index contributed by atoms with van der Waals surface area (Å²) in [6, 6.07) is 7.58. The first kappa shape index (κ1) is 17.3. The summed E-state index contributed by atoms with van der Waals surface area (Å²) in [5.41, 5.74) is 3.22. The van der Waals surface area contributed by atoms with E-state index in [1.54, 1.807) is 24.2 Å². The van der Waals surface area contributed by atoms with Gasteiger partial charge in [0.1, 0.15) is 17.2 Å². The van der Waals surface area contributed by atoms with E-state index in [0.29, 0.717) is 17.9 Å². The van der Waals surface area contributed by atoms with Crippen LogP contribution in [0.15, 0.2) is 41.2 Å². The van der Waals surface area contributed by atoms with Gasteiger partial charge >= 0.3 is 0 Å². The van der Waals surface area contributed by atoms with Crippen LogP contribution in [-0.4, -0.2) is 39.4 Å². The van der Waals surface area contributed by atoms with Crippen LogP contribution in [-0.2, 0) is 0 Å². The van der Waals surface area contributed by atoms with Gasteiger partial charge < -0.3 is 14.2 Å². The number of methoxy groups -OCH3 is 1. The number of hydrogen-bond acceptors (Lipinski definition) is 5. The summed E-state index contributed by atoms with van der Waals surface area (Å²) in [5.74, 6) is 1.45. The highest BCUT2D eigenvalue weighted by molar-refractivity contribution is 5.94. The number of aryl methyl sites for hydroxylation is 2. The Bertz CT molecular complexity index is 956. The highest BCUT2D eigenvalue weighted by atomic mass is 16.5. The van der Waals surface area contributed by atoms with Gasteiger partial charge in [-0.25, -0.2) is 4.68 Å². The third-order valence-electron chi connectivity index (χ3n) is 5.10. The van der Waals surface area contributed by atoms with Gasteiger partial charge in [-0.15, -0.1) is 0 Å². The molecule has 3 heterocycles. The summed E-state index contributed by atoms with van der Waals surface area (Å²) < 4.78 is 12.4. The predicted octanol–water partition coefficient (Wildman–Crippen LogP) is 3.46. The number of rotatable bonds is 4. The first-order chi connectivity index (χ1) is 13.1. The molecular formula is C20H22N4O3. The number of ether oxygens (including phenoxy) is 1. The maximum atomic E-state index is 13.2. The number of aromatic nitrogens is 3. The normalized spacial score (nSPS) is 16.7. The summed E-state index contributed by atoms with van der Waals surface area (Å²) in [6.07, 6.45) is 5.23. The molecule has 0 saturated carbocycles. The summed E-state index contributed by atoms with van der Waals surface area (Å²) in [5, 5.41) is 8.42. The van der Waals surface area contributed by atoms with Crippen molar-refractivity contribution in [2.24, 2.45) is 0 Å². The molecule has 1 saturated heterocycles. The van der Waals surface area contributed by atoms with Gasteiger partial charge in [-0.2, -0.15) is 5.10 Å². The molecule has 0 unspecified atom stereocenters. The quantitative estimate of drug-likeness (QED) is 0.707. The highest BCUT2D eigenvalue weighted by Gasteiger charge is 2.34. The average molecular weight is 366 g/mol. The molecule has 1 aliphatic rings. The van der Waals surface area contributed by atoms with E-state index in [-0.39, 0.29) is 11.9 Å². The minimum absolute atomic E-state index is 0.00152. The van der Waals surface area contributed by atoms with Gasteiger partial charge in [-0.1, -0.05) is 17.3 Å². The van der Waals surface area contributed by atoms with Crippen molar-refractivity contribution in [2.45, 2.75) is 32.7 Å². The second-order valence-electron chi connectivity index (χ2n) is 6.74. The van der Waals surface area contributed by atoms with E-state index in [9.17, 15) is 4.79 Å². The van der Waals surface area contributed by atoms with Crippen LogP contribution in [0.5, 0.6) is 5.75 Å². The van der Waals surface area contributed by atoms with Crippen LogP contribution in [0.1, 0.15) is 46.3 Å². The second-order valence-corrected chi connectivity index (χ2v) is 6.74. The lowest BCUT2D eigenvalue weighted by Crippen LogP contribution is -2.30. The van der Waals surface area contributed by atoms with Gasteiger partial charge in [0.05, 0.1) is 30.6 Å². The Kier molecular flexibility index (Phi) is 4.43. The van der Waals surface area contributed by atoms with Gasteiger partial charge in [0.15, 0.2) is 0 Å². The molecule has 3 aromatic rings. The number of likely N-dealkylation sites (tertiary alicyclic amines) is 1. The molecular weight excluding hydrogens is 344 g/mol. The van der Waals surface area contributed by atoms with Crippen molar-refractivity contribution < 1.29 is 14.1 Å². The first-order valence-corrected chi connectivity index (χ1v) is 9.02. The van der Waals surface area contributed by atoms with E-state index in [1.165, 1.54) is 0 Å². The molecule has 7 nitrogen and oxygen atoms in total. The summed E-state index contributed by atoms with van der Waals surface area (Å²) in [6.45, 7) is 4.54. The van der Waals surface area contributed by atoms with Crippen molar-refractivity contribution in [2.75, 3.05) is 13.7 Å². The Morgan fingerprint density at radius 2 is 2.11 bits per heavy atom. The van der Waals surface area contributed by atoms with Crippen LogP contribution in [0.25, 0.3) is 5.69 Å². The standard InChI is InChI=1S/C20H22N4O3/c1-13-19(14(2)27-22-13)17-8-6-10-23(17)20(25)15-11-21-24(12-15)16-7-4-5-9-18(16)26-3/h4-5,7,9,11-12,17H,6,8,10H2,1-3H3/t17-/m1/s1. The number of carbonyl (C=O) groups excluding carboxylic acids is 1. The van der Waals surface area contributed by atoms with Crippen LogP contribution in [0.4, 0.5) is 0 Å². The Hall–Kier alpha value is -3.09. The zero-order valence-corrected chi connectivity index (χ0v) is 15.7. The third kappa shape index (κ3) is 2.99. The minimum atomic E-state index is -0.0290. The SMILES string of the molecule is COc1ccccc1-n1cc(C(=O)N2CCC[C@@H]2c2c(C)noc2C)cn1. The predicted molar refractivity (Wildman–Crippen MR) is 99.1 cm³/mol. The minimum Gasteiger partial charge on any atom is -0.494 e. The maximum absolute atomic E-state index is 13.2. The number of amides is 1. The van der Waals surface area contributed by atoms with E-state index in [2.05, 4.69) is 10.3 Å². The number of nitrogens with zero attached hydrogens (tertiary/aromatic N) is 4. The molecule has 7 heteroatoms. The average Bonchev–Trinajstić information content (AvgIpc) is 3.41. The Morgan fingerprint density at radius 3 is 2.85 bits per heavy atom. The Labute approximate surface area is 157 Å². The molecule has 1 aromatic carbocycles. The fourth-order valence-corrected chi connectivity index (χ4v) is 3.83. The van der Waals surface area contributed by atoms with Crippen LogP contribution in [0.2, 0.25) is 0 Å². The molecule has 4 rings (SSSR count). The molecule has 1 amide bonds. The van der Waals surface area contributed by atoms with Crippen molar-refractivity contribution >= 4 is 5.91 Å². The van der Waals surface area contributed by atoms with E-state index in [1.807, 2.05) is 43.0 Å². The summed E-state index contributed by atoms with van der Waals surface area (Å²) >= 11 is 0. The van der Waals surface area contributed by atoms with Gasteiger partial charge in [0, 0.05) is 18.3 Å². The Balaban J connectivity index is 1.63. The van der Waals surface area contributed by atoms with Gasteiger partial charge in [0.2, 0.25) is 0 Å². The van der Waals surface area contributed by atoms with Crippen molar-refractivity contribution in [3.8, 4) is 11.4 Å². The van der Waals surface area contributed by atoms with Crippen LogP contribution >= 0.6 is 0 Å². The molecule has 1 aliphatic heterocycles. The first-order valence-electron chi connectivity index (χ1n) is 9.02. The molecule has 27 heavy (non-hydrogen) atoms. The largest absolute Gasteiger partial charge is 0.494 e. The molecule has 1 fully saturated rings. The van der Waals surface area contributed by atoms with Gasteiger partial charge in [0.25, 0.3) is 5.91 Å². The van der Waals surface area contributed by atoms with Crippen LogP contribution < -0.4 is 4.74 Å². The van der Waals surface area contributed by atoms with Gasteiger partial charge in [-0.05, 0) is 38.8 Å². The zero-order valence-electron chi connectivity index (χ0n) is 15.7. The smallest absolute Gasteiger partial charge is 0.257 e. The van der Waals surface area contributed by atoms with E-state index < -0.39 is 0 Å². The lowest BCUT2D eigenvalue weighted by atomic mass is 10.0. The fraction of sp³-hybridized carbons (Fsp3) is 0.350. The lowest BCUT2D eigenvalue weighted by Gasteiger charge is -2.24. The molecule has 0 N–H and O–H groups in total. The molecule has 0 bridgehead atoms. The number of hydrogen-bond donors (Lipinski definition) is 0. The van der Waals surface area contributed by atoms with Crippen LogP contribution in [0.3, 0.4) is 0 Å². The van der Waals surface area contributed by atoms with Crippen molar-refractivity contribution in [1.82, 2.24) is 19.8 Å². The maximum Gasteiger partial charge on any atom is 0.257 e. The van der Waals surface area contributed by atoms with Crippen molar-refractivity contribution in [1.29, 1.82) is 0 Å². The lowest BCUT2D eigenvalue weighted by molar-refractivity contribution is 0.0734. The van der Waals surface area contributed by atoms with E-state index in [0.717, 1.165) is 35.5 Å². The van der Waals surface area contributed by atoms with E-state index >= 15 is 0 Å². The number of carbonyl (C=O) groups is 1. The fourth-order valence-electron chi connectivity index (χ4n) is 3.83. The van der Waals surface area contributed by atoms with Crippen molar-refractivity contribution in [3.63, 3.8) is 0 Å². The zero-order chi connectivity index (χ0) is 19.0. The summed E-state index contributed by atoms with van der Waals surface area (Å²) in [4.78, 5) is 15.1.